The lowest BCUT2D eigenvalue weighted by atomic mass is 9.61. The van der Waals surface area contributed by atoms with Crippen LogP contribution in [0.5, 0.6) is 17.2 Å². The highest BCUT2D eigenvalue weighted by atomic mass is 19.1. The van der Waals surface area contributed by atoms with Gasteiger partial charge in [0.05, 0.1) is 36.6 Å². The first-order valence-electron chi connectivity index (χ1n) is 17.4. The number of pyridine rings is 1. The Bertz CT molecular complexity index is 1740. The molecule has 0 unspecified atom stereocenters. The van der Waals surface area contributed by atoms with Crippen molar-refractivity contribution in [2.24, 2.45) is 5.41 Å². The summed E-state index contributed by atoms with van der Waals surface area (Å²) in [6.07, 6.45) is 7.68. The van der Waals surface area contributed by atoms with Gasteiger partial charge in [-0.3, -0.25) is 9.78 Å². The number of ether oxygens (including phenoxy) is 4. The van der Waals surface area contributed by atoms with E-state index in [0.717, 1.165) is 49.4 Å². The van der Waals surface area contributed by atoms with E-state index in [1.807, 2.05) is 40.7 Å². The molecule has 0 N–H and O–H groups in total. The summed E-state index contributed by atoms with van der Waals surface area (Å²) < 4.78 is 38.5. The summed E-state index contributed by atoms with van der Waals surface area (Å²) in [5, 5.41) is 0. The van der Waals surface area contributed by atoms with Gasteiger partial charge in [0.2, 0.25) is 0 Å². The molecule has 1 spiro atoms. The highest BCUT2D eigenvalue weighted by molar-refractivity contribution is 5.97. The third-order valence-corrected chi connectivity index (χ3v) is 9.83. The summed E-state index contributed by atoms with van der Waals surface area (Å²) in [6.45, 7) is 13.0. The van der Waals surface area contributed by atoms with Crippen LogP contribution in [0.25, 0.3) is 0 Å². The Morgan fingerprint density at radius 2 is 1.90 bits per heavy atom. The quantitative estimate of drug-likeness (QED) is 0.288. The Kier molecular flexibility index (Phi) is 9.04. The number of carbonyl (C=O) groups excluding carboxylic acids is 2. The number of amides is 2. The average Bonchev–Trinajstić information content (AvgIpc) is 3.56. The van der Waals surface area contributed by atoms with Crippen molar-refractivity contribution < 1.29 is 32.9 Å². The van der Waals surface area contributed by atoms with E-state index in [9.17, 15) is 14.0 Å². The van der Waals surface area contributed by atoms with E-state index in [1.54, 1.807) is 22.2 Å². The van der Waals surface area contributed by atoms with Gasteiger partial charge in [-0.05, 0) is 78.1 Å². The van der Waals surface area contributed by atoms with Gasteiger partial charge in [0.25, 0.3) is 5.91 Å². The lowest BCUT2D eigenvalue weighted by Crippen LogP contribution is -2.65. The van der Waals surface area contributed by atoms with Crippen molar-refractivity contribution in [3.8, 4) is 17.2 Å². The predicted molar refractivity (Wildman–Crippen MR) is 182 cm³/mol. The van der Waals surface area contributed by atoms with Gasteiger partial charge in [-0.2, -0.15) is 0 Å². The first-order valence-corrected chi connectivity index (χ1v) is 17.4. The Balaban J connectivity index is 0.999. The molecule has 2 saturated heterocycles. The van der Waals surface area contributed by atoms with Gasteiger partial charge in [0, 0.05) is 55.9 Å². The number of aromatic nitrogens is 3. The largest absolute Gasteiger partial charge is 0.490 e. The van der Waals surface area contributed by atoms with Crippen LogP contribution in [0.2, 0.25) is 0 Å². The molecule has 2 amide bonds. The molecule has 1 atom stereocenters. The van der Waals surface area contributed by atoms with Crippen LogP contribution < -0.4 is 14.4 Å². The van der Waals surface area contributed by atoms with Gasteiger partial charge in [-0.25, -0.2) is 19.2 Å². The Labute approximate surface area is 291 Å². The summed E-state index contributed by atoms with van der Waals surface area (Å²) in [4.78, 5) is 45.5. The fraction of sp³-hybridized carbons (Fsp3) is 0.541. The predicted octanol–water partition coefficient (Wildman–Crippen LogP) is 5.78. The lowest BCUT2D eigenvalue weighted by Gasteiger charge is -2.59. The van der Waals surface area contributed by atoms with Crippen LogP contribution in [-0.2, 0) is 22.4 Å². The number of halogens is 1. The third kappa shape index (κ3) is 6.92. The minimum absolute atomic E-state index is 0.0450. The molecule has 50 heavy (non-hydrogen) atoms. The molecule has 7 rings (SSSR count). The molecular weight excluding hydrogens is 643 g/mol. The molecule has 1 aromatic carbocycles. The zero-order chi connectivity index (χ0) is 35.2. The van der Waals surface area contributed by atoms with E-state index in [0.29, 0.717) is 44.3 Å². The van der Waals surface area contributed by atoms with E-state index < -0.39 is 11.4 Å². The van der Waals surface area contributed by atoms with Crippen molar-refractivity contribution >= 4 is 17.8 Å². The molecule has 4 aliphatic rings. The minimum Gasteiger partial charge on any atom is -0.490 e. The summed E-state index contributed by atoms with van der Waals surface area (Å²) >= 11 is 0. The van der Waals surface area contributed by atoms with Gasteiger partial charge < -0.3 is 33.6 Å². The number of hydrogen-bond acceptors (Lipinski definition) is 10. The first-order chi connectivity index (χ1) is 23.9. The second-order valence-corrected chi connectivity index (χ2v) is 15.2. The standard InChI is InChI=1S/C37H45FN6O6/c1-23(2)44(25-10-13-47-19-25)34(45)27-14-24(38)6-7-30(27)49-32-17-39-22-41-33(32)43-20-37(21-43)15-26(16-37)48-31-8-11-40-29-9-12-42(18-28(29)31)35(46)50-36(3,4)5/h6-8,11,14,17,22-23,25-26H,9-10,12-13,15-16,18-21H2,1-5H3/t25-/m1/s1. The van der Waals surface area contributed by atoms with Gasteiger partial charge >= 0.3 is 6.09 Å². The van der Waals surface area contributed by atoms with Crippen molar-refractivity contribution in [3.63, 3.8) is 0 Å². The van der Waals surface area contributed by atoms with Crippen molar-refractivity contribution in [3.05, 3.63) is 65.6 Å². The molecule has 3 aromatic rings. The lowest BCUT2D eigenvalue weighted by molar-refractivity contribution is -0.0353. The average molecular weight is 689 g/mol. The molecule has 3 aliphatic heterocycles. The summed E-state index contributed by atoms with van der Waals surface area (Å²) in [5.41, 5.74) is 1.56. The molecule has 1 saturated carbocycles. The summed E-state index contributed by atoms with van der Waals surface area (Å²) in [6, 6.07) is 5.70. The fourth-order valence-corrected chi connectivity index (χ4v) is 7.54. The van der Waals surface area contributed by atoms with Crippen molar-refractivity contribution in [1.82, 2.24) is 24.8 Å². The maximum absolute atomic E-state index is 14.5. The smallest absolute Gasteiger partial charge is 0.410 e. The van der Waals surface area contributed by atoms with Crippen molar-refractivity contribution in [2.75, 3.05) is 37.7 Å². The van der Waals surface area contributed by atoms with Crippen LogP contribution in [0.4, 0.5) is 15.0 Å². The number of carbonyl (C=O) groups is 2. The fourth-order valence-electron chi connectivity index (χ4n) is 7.54. The van der Waals surface area contributed by atoms with E-state index in [1.165, 1.54) is 24.5 Å². The maximum Gasteiger partial charge on any atom is 0.410 e. The SMILES string of the molecule is CC(C)N(C(=O)c1cc(F)ccc1Oc1cncnc1N1CC2(CC(Oc3ccnc4c3CN(C(=O)OC(C)(C)C)CC4)C2)C1)[C@@H]1CCOC1. The van der Waals surface area contributed by atoms with Crippen LogP contribution in [0.3, 0.4) is 0 Å². The molecule has 266 valence electrons. The highest BCUT2D eigenvalue weighted by Gasteiger charge is 2.54. The van der Waals surface area contributed by atoms with Crippen LogP contribution in [0, 0.1) is 11.2 Å². The second-order valence-electron chi connectivity index (χ2n) is 15.2. The van der Waals surface area contributed by atoms with Crippen LogP contribution in [0.1, 0.15) is 75.5 Å². The van der Waals surface area contributed by atoms with Crippen molar-refractivity contribution in [1.29, 1.82) is 0 Å². The zero-order valence-corrected chi connectivity index (χ0v) is 29.4. The number of nitrogens with zero attached hydrogens (tertiary/aromatic N) is 6. The zero-order valence-electron chi connectivity index (χ0n) is 29.4. The Morgan fingerprint density at radius 1 is 1.10 bits per heavy atom. The number of fused-ring (bicyclic) bond motifs is 1. The number of hydrogen-bond donors (Lipinski definition) is 0. The van der Waals surface area contributed by atoms with Gasteiger partial charge in [0.15, 0.2) is 11.6 Å². The van der Waals surface area contributed by atoms with E-state index >= 15 is 0 Å². The second kappa shape index (κ2) is 13.3. The molecule has 0 bridgehead atoms. The van der Waals surface area contributed by atoms with Gasteiger partial charge in [-0.1, -0.05) is 0 Å². The molecule has 5 heterocycles. The van der Waals surface area contributed by atoms with E-state index in [-0.39, 0.29) is 46.9 Å². The van der Waals surface area contributed by atoms with Gasteiger partial charge in [-0.15, -0.1) is 0 Å². The molecule has 12 nitrogen and oxygen atoms in total. The molecule has 13 heteroatoms. The molecule has 1 aliphatic carbocycles. The molecule has 3 fully saturated rings. The van der Waals surface area contributed by atoms with E-state index in [2.05, 4.69) is 19.9 Å². The molecular formula is C37H45FN6O6. The number of benzene rings is 1. The molecule has 0 radical (unpaired) electrons. The first kappa shape index (κ1) is 34.0. The van der Waals surface area contributed by atoms with Crippen LogP contribution >= 0.6 is 0 Å². The summed E-state index contributed by atoms with van der Waals surface area (Å²) in [5.74, 6) is 1.21. The van der Waals surface area contributed by atoms with Crippen LogP contribution in [0.15, 0.2) is 43.0 Å². The maximum atomic E-state index is 14.5. The topological polar surface area (TPSA) is 119 Å². The summed E-state index contributed by atoms with van der Waals surface area (Å²) in [7, 11) is 0. The van der Waals surface area contributed by atoms with Gasteiger partial charge in [0.1, 0.15) is 35.3 Å². The monoisotopic (exact) mass is 688 g/mol. The molecule has 2 aromatic heterocycles. The van der Waals surface area contributed by atoms with Crippen LogP contribution in [-0.4, -0.2) is 93.4 Å². The normalized spacial score (nSPS) is 19.9. The highest BCUT2D eigenvalue weighted by Crippen LogP contribution is 2.52. The third-order valence-electron chi connectivity index (χ3n) is 9.83. The number of rotatable bonds is 8. The number of anilines is 1. The minimum atomic E-state index is -0.565. The van der Waals surface area contributed by atoms with Crippen molar-refractivity contribution in [2.45, 2.75) is 90.6 Å². The Morgan fingerprint density at radius 3 is 2.62 bits per heavy atom. The Hall–Kier alpha value is -4.52. The van der Waals surface area contributed by atoms with E-state index in [4.69, 9.17) is 18.9 Å².